The van der Waals surface area contributed by atoms with Gasteiger partial charge in [-0.2, -0.15) is 0 Å². The lowest BCUT2D eigenvalue weighted by atomic mass is 10.0. The molecule has 1 N–H and O–H groups in total. The lowest BCUT2D eigenvalue weighted by molar-refractivity contribution is -0.124. The Morgan fingerprint density at radius 3 is 2.95 bits per heavy atom. The maximum absolute atomic E-state index is 12.5. The van der Waals surface area contributed by atoms with Crippen LogP contribution in [0.3, 0.4) is 0 Å². The fourth-order valence-electron chi connectivity index (χ4n) is 2.87. The van der Waals surface area contributed by atoms with Gasteiger partial charge in [-0.15, -0.1) is 0 Å². The molecule has 1 aliphatic rings. The summed E-state index contributed by atoms with van der Waals surface area (Å²) in [6, 6.07) is 7.94. The molecule has 0 fully saturated rings. The topological polar surface area (TPSA) is 58.4 Å². The van der Waals surface area contributed by atoms with Crippen LogP contribution in [0.5, 0.6) is 0 Å². The molecule has 2 heterocycles. The smallest absolute Gasteiger partial charge is 0.234 e. The molecule has 1 aromatic heterocycles. The zero-order chi connectivity index (χ0) is 14.1. The van der Waals surface area contributed by atoms with Crippen molar-refractivity contribution in [3.8, 4) is 0 Å². The Bertz CT molecular complexity index is 635. The van der Waals surface area contributed by atoms with E-state index in [2.05, 4.69) is 16.5 Å². The number of para-hydroxylation sites is 2. The number of imidazole rings is 1. The molecular formula is C15H19N3O2. The van der Waals surface area contributed by atoms with Gasteiger partial charge in [-0.1, -0.05) is 19.1 Å². The Balaban J connectivity index is 2.11. The zero-order valence-corrected chi connectivity index (χ0v) is 11.6. The molecule has 1 unspecified atom stereocenters. The molecule has 3 rings (SSSR count). The van der Waals surface area contributed by atoms with Crippen molar-refractivity contribution < 1.29 is 9.90 Å². The first-order chi connectivity index (χ1) is 9.76. The molecule has 0 spiro atoms. The highest BCUT2D eigenvalue weighted by Crippen LogP contribution is 2.30. The van der Waals surface area contributed by atoms with Crippen LogP contribution in [0.25, 0.3) is 11.0 Å². The first-order valence-electron chi connectivity index (χ1n) is 7.13. The van der Waals surface area contributed by atoms with Crippen molar-refractivity contribution in [3.63, 3.8) is 0 Å². The van der Waals surface area contributed by atoms with Crippen molar-refractivity contribution in [1.29, 1.82) is 0 Å². The van der Waals surface area contributed by atoms with Gasteiger partial charge in [0.1, 0.15) is 0 Å². The maximum Gasteiger partial charge on any atom is 0.234 e. The number of nitrogens with zero attached hydrogens (tertiary/aromatic N) is 3. The third-order valence-corrected chi connectivity index (χ3v) is 3.82. The fourth-order valence-corrected chi connectivity index (χ4v) is 2.87. The molecule has 1 atom stereocenters. The number of rotatable bonds is 4. The van der Waals surface area contributed by atoms with E-state index < -0.39 is 0 Å². The molecule has 0 bridgehead atoms. The third kappa shape index (κ3) is 1.98. The van der Waals surface area contributed by atoms with Gasteiger partial charge in [-0.3, -0.25) is 9.69 Å². The van der Waals surface area contributed by atoms with Crippen LogP contribution >= 0.6 is 0 Å². The average Bonchev–Trinajstić information content (AvgIpc) is 2.82. The highest BCUT2D eigenvalue weighted by atomic mass is 16.3. The molecule has 0 radical (unpaired) electrons. The summed E-state index contributed by atoms with van der Waals surface area (Å²) in [6.07, 6.45) is 1.39. The van der Waals surface area contributed by atoms with Crippen LogP contribution in [0.1, 0.15) is 19.8 Å². The molecule has 1 aliphatic heterocycles. The van der Waals surface area contributed by atoms with Crippen molar-refractivity contribution in [1.82, 2.24) is 9.55 Å². The Morgan fingerprint density at radius 1 is 1.40 bits per heavy atom. The third-order valence-electron chi connectivity index (χ3n) is 3.82. The SMILES string of the molecule is CCCN1C(=O)C(CCO)Cn2c1nc1ccccc12. The van der Waals surface area contributed by atoms with Gasteiger partial charge in [0.25, 0.3) is 0 Å². The molecular weight excluding hydrogens is 254 g/mol. The number of carbonyl (C=O) groups is 1. The van der Waals surface area contributed by atoms with Crippen molar-refractivity contribution in [2.75, 3.05) is 18.1 Å². The fraction of sp³-hybridized carbons (Fsp3) is 0.467. The number of aromatic nitrogens is 2. The Labute approximate surface area is 117 Å². The van der Waals surface area contributed by atoms with Crippen molar-refractivity contribution >= 4 is 22.9 Å². The Hall–Kier alpha value is -1.88. The van der Waals surface area contributed by atoms with Crippen molar-refractivity contribution in [2.24, 2.45) is 5.92 Å². The first kappa shape index (κ1) is 13.1. The minimum atomic E-state index is -0.156. The van der Waals surface area contributed by atoms with Gasteiger partial charge in [0, 0.05) is 19.7 Å². The summed E-state index contributed by atoms with van der Waals surface area (Å²) in [4.78, 5) is 18.9. The number of hydrogen-bond acceptors (Lipinski definition) is 3. The number of hydrogen-bond donors (Lipinski definition) is 1. The quantitative estimate of drug-likeness (QED) is 0.924. The first-order valence-corrected chi connectivity index (χ1v) is 7.13. The molecule has 5 heteroatoms. The number of aliphatic hydroxyl groups is 1. The van der Waals surface area contributed by atoms with Crippen LogP contribution in [0.4, 0.5) is 5.95 Å². The average molecular weight is 273 g/mol. The number of fused-ring (bicyclic) bond motifs is 3. The largest absolute Gasteiger partial charge is 0.396 e. The van der Waals surface area contributed by atoms with Gasteiger partial charge < -0.3 is 9.67 Å². The number of carbonyl (C=O) groups excluding carboxylic acids is 1. The van der Waals surface area contributed by atoms with E-state index in [0.717, 1.165) is 23.4 Å². The van der Waals surface area contributed by atoms with Gasteiger partial charge >= 0.3 is 0 Å². The number of aliphatic hydroxyl groups excluding tert-OH is 1. The summed E-state index contributed by atoms with van der Waals surface area (Å²) in [5.74, 6) is 0.674. The second kappa shape index (κ2) is 5.25. The lowest BCUT2D eigenvalue weighted by Gasteiger charge is -2.32. The molecule has 1 amide bonds. The minimum Gasteiger partial charge on any atom is -0.396 e. The summed E-state index contributed by atoms with van der Waals surface area (Å²) in [7, 11) is 0. The highest BCUT2D eigenvalue weighted by molar-refractivity contribution is 5.97. The van der Waals surface area contributed by atoms with Gasteiger partial charge in [-0.25, -0.2) is 4.98 Å². The summed E-state index contributed by atoms with van der Waals surface area (Å²) >= 11 is 0. The number of benzene rings is 1. The predicted octanol–water partition coefficient (Wildman–Crippen LogP) is 1.79. The van der Waals surface area contributed by atoms with Crippen LogP contribution in [-0.4, -0.2) is 33.7 Å². The van der Waals surface area contributed by atoms with Gasteiger partial charge in [0.05, 0.1) is 17.0 Å². The van der Waals surface area contributed by atoms with E-state index in [1.807, 2.05) is 24.3 Å². The Kier molecular flexibility index (Phi) is 3.44. The second-order valence-corrected chi connectivity index (χ2v) is 5.21. The van der Waals surface area contributed by atoms with Crippen LogP contribution in [0, 0.1) is 5.92 Å². The molecule has 2 aromatic rings. The molecule has 0 saturated carbocycles. The van der Waals surface area contributed by atoms with Crippen LogP contribution in [-0.2, 0) is 11.3 Å². The van der Waals surface area contributed by atoms with Crippen LogP contribution in [0.2, 0.25) is 0 Å². The standard InChI is InChI=1S/C15H19N3O2/c1-2-8-17-14(20)11(7-9-19)10-18-13-6-4-3-5-12(13)16-15(17)18/h3-6,11,19H,2,7-10H2,1H3. The van der Waals surface area contributed by atoms with E-state index in [9.17, 15) is 4.79 Å². The minimum absolute atomic E-state index is 0.0400. The lowest BCUT2D eigenvalue weighted by Crippen LogP contribution is -2.44. The van der Waals surface area contributed by atoms with Gasteiger partial charge in [0.2, 0.25) is 11.9 Å². The van der Waals surface area contributed by atoms with Crippen molar-refractivity contribution in [2.45, 2.75) is 26.3 Å². The number of amides is 1. The van der Waals surface area contributed by atoms with Crippen LogP contribution in [0.15, 0.2) is 24.3 Å². The van der Waals surface area contributed by atoms with Gasteiger partial charge in [0.15, 0.2) is 0 Å². The monoisotopic (exact) mass is 273 g/mol. The van der Waals surface area contributed by atoms with Gasteiger partial charge in [-0.05, 0) is 25.0 Å². The summed E-state index contributed by atoms with van der Waals surface area (Å²) < 4.78 is 2.10. The maximum atomic E-state index is 12.5. The zero-order valence-electron chi connectivity index (χ0n) is 11.6. The molecule has 106 valence electrons. The molecule has 0 aliphatic carbocycles. The number of anilines is 1. The highest BCUT2D eigenvalue weighted by Gasteiger charge is 2.34. The predicted molar refractivity (Wildman–Crippen MR) is 77.6 cm³/mol. The van der Waals surface area contributed by atoms with E-state index in [0.29, 0.717) is 19.5 Å². The van der Waals surface area contributed by atoms with E-state index >= 15 is 0 Å². The van der Waals surface area contributed by atoms with E-state index in [-0.39, 0.29) is 18.4 Å². The van der Waals surface area contributed by atoms with E-state index in [1.165, 1.54) is 0 Å². The van der Waals surface area contributed by atoms with Crippen molar-refractivity contribution in [3.05, 3.63) is 24.3 Å². The van der Waals surface area contributed by atoms with Crippen LogP contribution < -0.4 is 4.90 Å². The normalized spacial score (nSPS) is 18.6. The molecule has 5 nitrogen and oxygen atoms in total. The summed E-state index contributed by atoms with van der Waals surface area (Å²) in [5, 5.41) is 9.17. The Morgan fingerprint density at radius 2 is 2.20 bits per heavy atom. The van der Waals surface area contributed by atoms with E-state index in [4.69, 9.17) is 5.11 Å². The molecule has 20 heavy (non-hydrogen) atoms. The molecule has 0 saturated heterocycles. The van der Waals surface area contributed by atoms with E-state index in [1.54, 1.807) is 4.90 Å². The summed E-state index contributed by atoms with van der Waals surface area (Å²) in [6.45, 7) is 3.37. The molecule has 1 aromatic carbocycles. The summed E-state index contributed by atoms with van der Waals surface area (Å²) in [5.41, 5.74) is 1.97. The second-order valence-electron chi connectivity index (χ2n) is 5.21.